The third kappa shape index (κ3) is 2.45. The van der Waals surface area contributed by atoms with Gasteiger partial charge >= 0.3 is 0 Å². The number of anilines is 1. The Balaban J connectivity index is 2.17. The van der Waals surface area contributed by atoms with Gasteiger partial charge in [-0.25, -0.2) is 4.98 Å². The maximum absolute atomic E-state index is 6.08. The first-order valence-electron chi connectivity index (χ1n) is 5.02. The third-order valence-corrected chi connectivity index (χ3v) is 3.80. The lowest BCUT2D eigenvalue weighted by atomic mass is 10.3. The lowest BCUT2D eigenvalue weighted by Gasteiger charge is -2.08. The molecule has 5 heteroatoms. The zero-order chi connectivity index (χ0) is 11.5. The smallest absolute Gasteiger partial charge is 0.183 e. The highest BCUT2D eigenvalue weighted by Gasteiger charge is 2.07. The van der Waals surface area contributed by atoms with Crippen LogP contribution in [0.1, 0.15) is 6.92 Å². The van der Waals surface area contributed by atoms with Gasteiger partial charge in [0.05, 0.1) is 21.3 Å². The fourth-order valence-corrected chi connectivity index (χ4v) is 2.47. The molecule has 1 aromatic heterocycles. The Morgan fingerprint density at radius 3 is 3.06 bits per heavy atom. The van der Waals surface area contributed by atoms with Gasteiger partial charge in [0.15, 0.2) is 5.13 Å². The number of ether oxygens (including phenoxy) is 1. The number of nitrogens with one attached hydrogen (secondary N) is 1. The van der Waals surface area contributed by atoms with Crippen molar-refractivity contribution in [2.45, 2.75) is 13.0 Å². The van der Waals surface area contributed by atoms with Gasteiger partial charge in [-0.1, -0.05) is 29.0 Å². The van der Waals surface area contributed by atoms with Crippen molar-refractivity contribution in [1.82, 2.24) is 4.98 Å². The number of halogens is 1. The summed E-state index contributed by atoms with van der Waals surface area (Å²) in [5, 5.41) is 4.87. The van der Waals surface area contributed by atoms with Gasteiger partial charge in [-0.2, -0.15) is 0 Å². The van der Waals surface area contributed by atoms with E-state index in [0.29, 0.717) is 0 Å². The Bertz CT molecular complexity index is 486. The molecule has 2 aromatic rings. The molecule has 0 aliphatic rings. The quantitative estimate of drug-likeness (QED) is 0.911. The predicted octanol–water partition coefficient (Wildman–Crippen LogP) is 3.40. The van der Waals surface area contributed by atoms with Gasteiger partial charge in [-0.15, -0.1) is 0 Å². The average molecular weight is 257 g/mol. The highest BCUT2D eigenvalue weighted by molar-refractivity contribution is 7.22. The van der Waals surface area contributed by atoms with Crippen LogP contribution in [0.5, 0.6) is 0 Å². The van der Waals surface area contributed by atoms with Crippen LogP contribution in [0.3, 0.4) is 0 Å². The van der Waals surface area contributed by atoms with Crippen molar-refractivity contribution in [2.75, 3.05) is 19.0 Å². The van der Waals surface area contributed by atoms with E-state index < -0.39 is 0 Å². The Hall–Kier alpha value is -0.840. The molecule has 2 rings (SSSR count). The van der Waals surface area contributed by atoms with Crippen LogP contribution in [0.2, 0.25) is 5.02 Å². The zero-order valence-electron chi connectivity index (χ0n) is 9.16. The molecule has 0 saturated heterocycles. The molecule has 0 aliphatic heterocycles. The summed E-state index contributed by atoms with van der Waals surface area (Å²) < 4.78 is 6.18. The molecule has 1 aromatic carbocycles. The second-order valence-electron chi connectivity index (χ2n) is 3.53. The molecular weight excluding hydrogens is 244 g/mol. The van der Waals surface area contributed by atoms with E-state index in [4.69, 9.17) is 16.3 Å². The maximum atomic E-state index is 6.08. The van der Waals surface area contributed by atoms with Gasteiger partial charge in [0.2, 0.25) is 0 Å². The summed E-state index contributed by atoms with van der Waals surface area (Å²) >= 11 is 7.64. The minimum atomic E-state index is 0.169. The van der Waals surface area contributed by atoms with E-state index in [-0.39, 0.29) is 6.10 Å². The highest BCUT2D eigenvalue weighted by atomic mass is 35.5. The largest absolute Gasteiger partial charge is 0.380 e. The molecule has 1 N–H and O–H groups in total. The van der Waals surface area contributed by atoms with E-state index in [9.17, 15) is 0 Å². The number of aromatic nitrogens is 1. The molecule has 0 spiro atoms. The molecule has 0 bridgehead atoms. The Morgan fingerprint density at radius 2 is 2.38 bits per heavy atom. The second-order valence-corrected chi connectivity index (χ2v) is 4.94. The Morgan fingerprint density at radius 1 is 1.56 bits per heavy atom. The summed E-state index contributed by atoms with van der Waals surface area (Å²) in [5.74, 6) is 0. The van der Waals surface area contributed by atoms with Gasteiger partial charge < -0.3 is 10.1 Å². The number of fused-ring (bicyclic) bond motifs is 1. The minimum Gasteiger partial charge on any atom is -0.380 e. The van der Waals surface area contributed by atoms with Crippen molar-refractivity contribution in [1.29, 1.82) is 0 Å². The van der Waals surface area contributed by atoms with Crippen molar-refractivity contribution < 1.29 is 4.74 Å². The lowest BCUT2D eigenvalue weighted by molar-refractivity contribution is 0.129. The Kier molecular flexibility index (Phi) is 3.63. The van der Waals surface area contributed by atoms with Crippen LogP contribution in [0.4, 0.5) is 5.13 Å². The molecule has 3 nitrogen and oxygen atoms in total. The third-order valence-electron chi connectivity index (χ3n) is 2.31. The van der Waals surface area contributed by atoms with E-state index in [1.165, 1.54) is 0 Å². The van der Waals surface area contributed by atoms with Crippen LogP contribution in [0.25, 0.3) is 10.2 Å². The van der Waals surface area contributed by atoms with Crippen molar-refractivity contribution in [3.63, 3.8) is 0 Å². The van der Waals surface area contributed by atoms with Crippen LogP contribution in [-0.4, -0.2) is 24.7 Å². The number of benzene rings is 1. The fraction of sp³-hybridized carbons (Fsp3) is 0.364. The van der Waals surface area contributed by atoms with Gasteiger partial charge in [-0.05, 0) is 19.1 Å². The number of nitrogens with zero attached hydrogens (tertiary/aromatic N) is 1. The maximum Gasteiger partial charge on any atom is 0.183 e. The molecule has 0 saturated carbocycles. The minimum absolute atomic E-state index is 0.169. The first kappa shape index (κ1) is 11.6. The molecule has 16 heavy (non-hydrogen) atoms. The zero-order valence-corrected chi connectivity index (χ0v) is 10.7. The molecule has 0 radical (unpaired) electrons. The fourth-order valence-electron chi connectivity index (χ4n) is 1.31. The van der Waals surface area contributed by atoms with E-state index >= 15 is 0 Å². The summed E-state index contributed by atoms with van der Waals surface area (Å²) in [4.78, 5) is 4.45. The van der Waals surface area contributed by atoms with Crippen LogP contribution in [0, 0.1) is 0 Å². The number of hydrogen-bond acceptors (Lipinski definition) is 4. The number of thiazole rings is 1. The average Bonchev–Trinajstić information content (AvgIpc) is 2.70. The van der Waals surface area contributed by atoms with Crippen molar-refractivity contribution in [3.05, 3.63) is 23.2 Å². The summed E-state index contributed by atoms with van der Waals surface area (Å²) in [5.41, 5.74) is 0.935. The van der Waals surface area contributed by atoms with Gasteiger partial charge in [0, 0.05) is 13.7 Å². The standard InChI is InChI=1S/C11H13ClN2OS/c1-7(15-2)6-13-11-14-9-5-3-4-8(12)10(9)16-11/h3-5,7H,6H2,1-2H3,(H,13,14). The van der Waals surface area contributed by atoms with Crippen molar-refractivity contribution >= 4 is 38.3 Å². The summed E-state index contributed by atoms with van der Waals surface area (Å²) in [7, 11) is 1.70. The Labute approximate surface area is 103 Å². The van der Waals surface area contributed by atoms with Gasteiger partial charge in [-0.3, -0.25) is 0 Å². The highest BCUT2D eigenvalue weighted by Crippen LogP contribution is 2.31. The van der Waals surface area contributed by atoms with Gasteiger partial charge in [0.1, 0.15) is 0 Å². The van der Waals surface area contributed by atoms with E-state index in [1.807, 2.05) is 25.1 Å². The topological polar surface area (TPSA) is 34.1 Å². The van der Waals surface area contributed by atoms with E-state index in [2.05, 4.69) is 10.3 Å². The summed E-state index contributed by atoms with van der Waals surface area (Å²) in [6.45, 7) is 2.75. The van der Waals surface area contributed by atoms with E-state index in [0.717, 1.165) is 26.9 Å². The first-order valence-corrected chi connectivity index (χ1v) is 6.22. The van der Waals surface area contributed by atoms with Crippen LogP contribution >= 0.6 is 22.9 Å². The molecule has 0 aliphatic carbocycles. The number of hydrogen-bond donors (Lipinski definition) is 1. The first-order chi connectivity index (χ1) is 7.70. The second kappa shape index (κ2) is 4.99. The van der Waals surface area contributed by atoms with Crippen molar-refractivity contribution in [3.8, 4) is 0 Å². The number of rotatable bonds is 4. The van der Waals surface area contributed by atoms with Gasteiger partial charge in [0.25, 0.3) is 0 Å². The summed E-state index contributed by atoms with van der Waals surface area (Å²) in [6.07, 6.45) is 0.169. The summed E-state index contributed by atoms with van der Waals surface area (Å²) in [6, 6.07) is 5.75. The van der Waals surface area contributed by atoms with Crippen LogP contribution in [0.15, 0.2) is 18.2 Å². The van der Waals surface area contributed by atoms with Crippen molar-refractivity contribution in [2.24, 2.45) is 0 Å². The van der Waals surface area contributed by atoms with Crippen LogP contribution < -0.4 is 5.32 Å². The molecule has 1 atom stereocenters. The predicted molar refractivity (Wildman–Crippen MR) is 69.6 cm³/mol. The normalized spacial score (nSPS) is 12.9. The van der Waals surface area contributed by atoms with Crippen LogP contribution in [-0.2, 0) is 4.74 Å². The van der Waals surface area contributed by atoms with E-state index in [1.54, 1.807) is 18.4 Å². The molecule has 1 heterocycles. The molecule has 0 amide bonds. The lowest BCUT2D eigenvalue weighted by Crippen LogP contribution is -2.17. The monoisotopic (exact) mass is 256 g/mol. The number of methoxy groups -OCH3 is 1. The SMILES string of the molecule is COC(C)CNc1nc2cccc(Cl)c2s1. The molecular formula is C11H13ClN2OS. The molecule has 1 unspecified atom stereocenters. The molecule has 86 valence electrons. The molecule has 0 fully saturated rings.